The molecule has 0 radical (unpaired) electrons. The lowest BCUT2D eigenvalue weighted by molar-refractivity contribution is -0.115. The quantitative estimate of drug-likeness (QED) is 0.459. The highest BCUT2D eigenvalue weighted by Crippen LogP contribution is 2.28. The molecule has 0 bridgehead atoms. The van der Waals surface area contributed by atoms with Crippen LogP contribution in [0.1, 0.15) is 5.76 Å². The number of carbonyl (C=O) groups is 1. The Balaban J connectivity index is 1.87. The summed E-state index contributed by atoms with van der Waals surface area (Å²) in [6, 6.07) is 11.8. The van der Waals surface area contributed by atoms with Crippen molar-refractivity contribution in [2.24, 2.45) is 0 Å². The zero-order valence-electron chi connectivity index (χ0n) is 10.1. The predicted molar refractivity (Wildman–Crippen MR) is 93.2 cm³/mol. The number of benzene rings is 1. The molecule has 100 valence electrons. The lowest BCUT2D eigenvalue weighted by Gasteiger charge is -1.96. The molecule has 1 aliphatic heterocycles. The molecule has 0 spiro atoms. The number of thioether (sulfide) groups is 1. The van der Waals surface area contributed by atoms with Gasteiger partial charge in [-0.15, -0.1) is 0 Å². The summed E-state index contributed by atoms with van der Waals surface area (Å²) >= 11 is 8.45. The third-order valence-electron chi connectivity index (χ3n) is 2.67. The predicted octanol–water partition coefficient (Wildman–Crippen LogP) is 4.04. The largest absolute Gasteiger partial charge is 0.457 e. The molecule has 1 aliphatic rings. The molecule has 20 heavy (non-hydrogen) atoms. The summed E-state index contributed by atoms with van der Waals surface area (Å²) in [7, 11) is 0. The van der Waals surface area contributed by atoms with E-state index in [1.807, 2.05) is 36.4 Å². The van der Waals surface area contributed by atoms with Crippen LogP contribution >= 0.6 is 46.6 Å². The molecule has 2 aromatic rings. The van der Waals surface area contributed by atoms with Gasteiger partial charge in [0.2, 0.25) is 0 Å². The first-order chi connectivity index (χ1) is 9.61. The Morgan fingerprint density at radius 2 is 1.95 bits per heavy atom. The average Bonchev–Trinajstić information content (AvgIpc) is 2.98. The van der Waals surface area contributed by atoms with Crippen LogP contribution in [-0.4, -0.2) is 10.2 Å². The second kappa shape index (κ2) is 5.71. The summed E-state index contributed by atoms with van der Waals surface area (Å²) in [6.07, 6.45) is 1.70. The molecule has 1 N–H and O–H groups in total. The van der Waals surface area contributed by atoms with Crippen molar-refractivity contribution in [1.82, 2.24) is 5.32 Å². The second-order valence-electron chi connectivity index (χ2n) is 4.06. The van der Waals surface area contributed by atoms with Crippen LogP contribution in [0.2, 0.25) is 0 Å². The maximum absolute atomic E-state index is 11.6. The van der Waals surface area contributed by atoms with Gasteiger partial charge in [-0.25, -0.2) is 0 Å². The molecule has 6 heteroatoms. The van der Waals surface area contributed by atoms with Crippen molar-refractivity contribution in [2.75, 3.05) is 0 Å². The van der Waals surface area contributed by atoms with E-state index >= 15 is 0 Å². The van der Waals surface area contributed by atoms with Crippen molar-refractivity contribution in [3.63, 3.8) is 0 Å². The number of nitrogens with one attached hydrogen (secondary N) is 1. The van der Waals surface area contributed by atoms with Gasteiger partial charge in [-0.1, -0.05) is 36.1 Å². The fourth-order valence-electron chi connectivity index (χ4n) is 1.75. The molecule has 3 rings (SSSR count). The van der Waals surface area contributed by atoms with Crippen LogP contribution < -0.4 is 5.32 Å². The van der Waals surface area contributed by atoms with E-state index in [-0.39, 0.29) is 5.91 Å². The van der Waals surface area contributed by atoms with Gasteiger partial charge in [0, 0.05) is 15.2 Å². The highest BCUT2D eigenvalue weighted by Gasteiger charge is 2.22. The lowest BCUT2D eigenvalue weighted by atomic mass is 10.2. The molecular weight excluding hydrogens is 405 g/mol. The number of hydrogen-bond donors (Lipinski definition) is 1. The SMILES string of the molecule is O=C1NC(=S)S/C1=C\c1ccc(-c2ccc(I)cc2)o1. The van der Waals surface area contributed by atoms with Crippen molar-refractivity contribution in [2.45, 2.75) is 0 Å². The molecule has 3 nitrogen and oxygen atoms in total. The van der Waals surface area contributed by atoms with Crippen LogP contribution in [-0.2, 0) is 4.79 Å². The van der Waals surface area contributed by atoms with Crippen LogP contribution in [0, 0.1) is 3.57 Å². The molecule has 0 unspecified atom stereocenters. The van der Waals surface area contributed by atoms with E-state index < -0.39 is 0 Å². The molecule has 1 aromatic carbocycles. The molecule has 1 fully saturated rings. The highest BCUT2D eigenvalue weighted by molar-refractivity contribution is 14.1. The molecular formula is C14H8INO2S2. The van der Waals surface area contributed by atoms with Crippen LogP contribution in [0.25, 0.3) is 17.4 Å². The summed E-state index contributed by atoms with van der Waals surface area (Å²) in [4.78, 5) is 12.1. The van der Waals surface area contributed by atoms with Gasteiger partial charge < -0.3 is 9.73 Å². The Morgan fingerprint density at radius 1 is 1.20 bits per heavy atom. The van der Waals surface area contributed by atoms with Crippen LogP contribution in [0.4, 0.5) is 0 Å². The first kappa shape index (κ1) is 13.8. The van der Waals surface area contributed by atoms with Gasteiger partial charge in [-0.2, -0.15) is 0 Å². The third-order valence-corrected chi connectivity index (χ3v) is 4.55. The van der Waals surface area contributed by atoms with Gasteiger partial charge in [0.25, 0.3) is 5.91 Å². The van der Waals surface area contributed by atoms with Crippen molar-refractivity contribution >= 4 is 62.9 Å². The number of hydrogen-bond acceptors (Lipinski definition) is 4. The Labute approximate surface area is 139 Å². The summed E-state index contributed by atoms with van der Waals surface area (Å²) in [5.41, 5.74) is 1.01. The topological polar surface area (TPSA) is 42.2 Å². The van der Waals surface area contributed by atoms with Crippen molar-refractivity contribution < 1.29 is 9.21 Å². The minimum absolute atomic E-state index is 0.174. The molecule has 1 saturated heterocycles. The van der Waals surface area contributed by atoms with Crippen LogP contribution in [0.15, 0.2) is 45.7 Å². The monoisotopic (exact) mass is 413 g/mol. The molecule has 0 saturated carbocycles. The normalized spacial score (nSPS) is 16.8. The minimum atomic E-state index is -0.174. The number of furan rings is 1. The average molecular weight is 413 g/mol. The van der Waals surface area contributed by atoms with E-state index in [0.29, 0.717) is 15.0 Å². The number of rotatable bonds is 2. The Bertz CT molecular complexity index is 719. The maximum Gasteiger partial charge on any atom is 0.263 e. The zero-order chi connectivity index (χ0) is 14.1. The Morgan fingerprint density at radius 3 is 2.60 bits per heavy atom. The third kappa shape index (κ3) is 2.97. The van der Waals surface area contributed by atoms with E-state index in [9.17, 15) is 4.79 Å². The number of halogens is 1. The lowest BCUT2D eigenvalue weighted by Crippen LogP contribution is -2.17. The summed E-state index contributed by atoms with van der Waals surface area (Å²) in [6.45, 7) is 0. The molecule has 0 atom stereocenters. The zero-order valence-corrected chi connectivity index (χ0v) is 13.8. The van der Waals surface area contributed by atoms with Crippen molar-refractivity contribution in [1.29, 1.82) is 0 Å². The molecule has 1 aromatic heterocycles. The van der Waals surface area contributed by atoms with Gasteiger partial charge in [0.05, 0.1) is 4.91 Å². The first-order valence-electron chi connectivity index (χ1n) is 5.72. The smallest absolute Gasteiger partial charge is 0.263 e. The molecule has 1 amide bonds. The van der Waals surface area contributed by atoms with Gasteiger partial charge in [0.1, 0.15) is 15.8 Å². The number of carbonyl (C=O) groups excluding carboxylic acids is 1. The summed E-state index contributed by atoms with van der Waals surface area (Å²) in [5.74, 6) is 1.24. The summed E-state index contributed by atoms with van der Waals surface area (Å²) < 4.78 is 7.39. The van der Waals surface area contributed by atoms with E-state index in [2.05, 4.69) is 27.9 Å². The second-order valence-corrected chi connectivity index (χ2v) is 7.03. The van der Waals surface area contributed by atoms with Crippen LogP contribution in [0.3, 0.4) is 0 Å². The van der Waals surface area contributed by atoms with E-state index in [1.54, 1.807) is 6.08 Å². The van der Waals surface area contributed by atoms with E-state index in [4.69, 9.17) is 16.6 Å². The Hall–Kier alpha value is -1.12. The summed E-state index contributed by atoms with van der Waals surface area (Å²) in [5, 5.41) is 2.58. The van der Waals surface area contributed by atoms with Gasteiger partial charge in [-0.05, 0) is 46.9 Å². The first-order valence-corrected chi connectivity index (χ1v) is 8.03. The fraction of sp³-hybridized carbons (Fsp3) is 0. The van der Waals surface area contributed by atoms with Gasteiger partial charge in [-0.3, -0.25) is 4.79 Å². The molecule has 2 heterocycles. The van der Waals surface area contributed by atoms with Crippen LogP contribution in [0.5, 0.6) is 0 Å². The minimum Gasteiger partial charge on any atom is -0.457 e. The van der Waals surface area contributed by atoms with E-state index in [0.717, 1.165) is 11.3 Å². The number of amides is 1. The van der Waals surface area contributed by atoms with Crippen molar-refractivity contribution in [3.8, 4) is 11.3 Å². The highest BCUT2D eigenvalue weighted by atomic mass is 127. The van der Waals surface area contributed by atoms with Crippen molar-refractivity contribution in [3.05, 3.63) is 50.6 Å². The molecule has 0 aliphatic carbocycles. The standard InChI is InChI=1S/C14H8INO2S2/c15-9-3-1-8(2-4-9)11-6-5-10(18-11)7-12-13(17)16-14(19)20-12/h1-7H,(H,16,17,19)/b12-7-. The number of thiocarbonyl (C=S) groups is 1. The fourth-order valence-corrected chi connectivity index (χ4v) is 3.13. The van der Waals surface area contributed by atoms with Gasteiger partial charge in [0.15, 0.2) is 0 Å². The maximum atomic E-state index is 11.6. The van der Waals surface area contributed by atoms with E-state index in [1.165, 1.54) is 15.3 Å². The van der Waals surface area contributed by atoms with Gasteiger partial charge >= 0.3 is 0 Å². The Kier molecular flexibility index (Phi) is 3.95.